The molecule has 8 atom stereocenters. The molecule has 0 radical (unpaired) electrons. The summed E-state index contributed by atoms with van der Waals surface area (Å²) in [4.78, 5) is 123. The van der Waals surface area contributed by atoms with Crippen LogP contribution in [0.25, 0.3) is 0 Å². The van der Waals surface area contributed by atoms with Crippen molar-refractivity contribution in [1.82, 2.24) is 24.5 Å². The molecule has 19 heteroatoms. The van der Waals surface area contributed by atoms with Crippen LogP contribution in [0.1, 0.15) is 112 Å². The lowest BCUT2D eigenvalue weighted by molar-refractivity contribution is -0.176. The maximum absolute atomic E-state index is 15.0. The van der Waals surface area contributed by atoms with Gasteiger partial charge in [-0.2, -0.15) is 0 Å². The molecule has 0 bridgehead atoms. The van der Waals surface area contributed by atoms with Gasteiger partial charge < -0.3 is 43.1 Å². The third-order valence-corrected chi connectivity index (χ3v) is 15.1. The van der Waals surface area contributed by atoms with Crippen LogP contribution in [-0.2, 0) is 87.9 Å². The van der Waals surface area contributed by atoms with Gasteiger partial charge in [0.1, 0.15) is 35.7 Å². The van der Waals surface area contributed by atoms with Crippen molar-refractivity contribution < 1.29 is 61.9 Å². The van der Waals surface area contributed by atoms with Crippen molar-refractivity contribution in [1.29, 1.82) is 0 Å². The summed E-state index contributed by atoms with van der Waals surface area (Å²) >= 11 is -0.828. The number of carbonyl (C=O) groups excluding carboxylic acids is 8. The fraction of sp³-hybridized carbons (Fsp3) is 0.649. The summed E-state index contributed by atoms with van der Waals surface area (Å²) in [6.07, 6.45) is -5.77. The number of hydrogen-bond acceptors (Lipinski definition) is 14. The molecular weight excluding hydrogens is 995 g/mol. The van der Waals surface area contributed by atoms with Gasteiger partial charge in [0, 0.05) is 60.7 Å². The number of likely N-dealkylation sites (N-methyl/N-ethyl adjacent to an activating group) is 4. The maximum atomic E-state index is 15.0. The van der Waals surface area contributed by atoms with Crippen LogP contribution in [0.3, 0.4) is 0 Å². The molecule has 0 saturated carbocycles. The Labute approximate surface area is 454 Å². The Morgan fingerprint density at radius 2 is 0.763 bits per heavy atom. The van der Waals surface area contributed by atoms with Crippen molar-refractivity contribution in [2.45, 2.75) is 163 Å². The van der Waals surface area contributed by atoms with Gasteiger partial charge in [0.05, 0.1) is 0 Å². The van der Waals surface area contributed by atoms with Crippen LogP contribution in [0.4, 0.5) is 0 Å². The zero-order valence-electron chi connectivity index (χ0n) is 47.4. The van der Waals surface area contributed by atoms with Gasteiger partial charge in [-0.15, -0.1) is 0 Å². The number of amides is 4. The first-order valence-electron chi connectivity index (χ1n) is 26.8. The minimum atomic E-state index is -1.52. The third kappa shape index (κ3) is 18.3. The molecule has 2 aromatic carbocycles. The molecule has 2 aliphatic heterocycles. The smallest absolute Gasteiger partial charge is 0.329 e. The van der Waals surface area contributed by atoms with E-state index in [1.165, 1.54) is 42.0 Å². The predicted molar refractivity (Wildman–Crippen MR) is 288 cm³/mol. The SMILES string of the molecule is CC(C)C[C@H]1C(=O)O[C@H](Cc2ccc(CN3CC[S+]([O-])CC3)cc2)C(=O)N(C)[C@@H](CC(C)C)C(=O)O[C@H](C)C(=O)N(C)[C@@H](CC(C)C)C(=O)O[C@H](Cc2ccccc2)C(=O)N(C)[C@@H](CC(C)C)C(=O)O[C@H](C)C(=O)N1C. The van der Waals surface area contributed by atoms with E-state index in [-0.39, 0.29) is 62.2 Å². The summed E-state index contributed by atoms with van der Waals surface area (Å²) in [6.45, 7) is 19.6. The number of carbonyl (C=O) groups is 8. The second-order valence-corrected chi connectivity index (χ2v) is 23.9. The number of nitrogens with zero attached hydrogens (tertiary/aromatic N) is 5. The van der Waals surface area contributed by atoms with E-state index >= 15 is 0 Å². The van der Waals surface area contributed by atoms with Crippen molar-refractivity contribution in [2.24, 2.45) is 23.7 Å². The summed E-state index contributed by atoms with van der Waals surface area (Å²) < 4.78 is 36.0. The van der Waals surface area contributed by atoms with Crippen molar-refractivity contribution in [2.75, 3.05) is 52.8 Å². The lowest BCUT2D eigenvalue weighted by Gasteiger charge is -2.35. The molecule has 2 fully saturated rings. The number of ether oxygens (including phenoxy) is 4. The highest BCUT2D eigenvalue weighted by Crippen LogP contribution is 2.25. The fourth-order valence-electron chi connectivity index (χ4n) is 9.40. The molecule has 2 aromatic rings. The molecule has 0 N–H and O–H groups in total. The molecular formula is C57H85N5O13S. The maximum Gasteiger partial charge on any atom is 0.329 e. The summed E-state index contributed by atoms with van der Waals surface area (Å²) in [5.41, 5.74) is 2.26. The van der Waals surface area contributed by atoms with E-state index in [4.69, 9.17) is 18.9 Å². The van der Waals surface area contributed by atoms with Gasteiger partial charge in [0.15, 0.2) is 24.4 Å². The van der Waals surface area contributed by atoms with Crippen LogP contribution in [0.15, 0.2) is 54.6 Å². The molecule has 0 spiro atoms. The first-order chi connectivity index (χ1) is 35.7. The Hall–Kier alpha value is -5.53. The fourth-order valence-corrected chi connectivity index (χ4v) is 10.5. The molecule has 2 aliphatic rings. The van der Waals surface area contributed by atoms with Crippen LogP contribution < -0.4 is 0 Å². The molecule has 2 heterocycles. The van der Waals surface area contributed by atoms with E-state index in [0.29, 0.717) is 42.3 Å². The minimum Gasteiger partial charge on any atom is -0.616 e. The number of benzene rings is 2. The van der Waals surface area contributed by atoms with Crippen LogP contribution in [-0.4, -0.2) is 178 Å². The zero-order valence-corrected chi connectivity index (χ0v) is 48.2. The Balaban J connectivity index is 1.84. The molecule has 0 aliphatic carbocycles. The minimum absolute atomic E-state index is 0.0899. The van der Waals surface area contributed by atoms with Gasteiger partial charge in [-0.05, 0) is 79.9 Å². The van der Waals surface area contributed by atoms with Crippen LogP contribution in [0.2, 0.25) is 0 Å². The average Bonchev–Trinajstić information content (AvgIpc) is 3.36. The normalized spacial score (nSPS) is 25.6. The van der Waals surface area contributed by atoms with Crippen LogP contribution in [0.5, 0.6) is 0 Å². The number of hydrogen-bond donors (Lipinski definition) is 0. The molecule has 4 rings (SSSR count). The van der Waals surface area contributed by atoms with Crippen molar-refractivity contribution >= 4 is 58.7 Å². The summed E-state index contributed by atoms with van der Waals surface area (Å²) in [7, 11) is 5.57. The third-order valence-electron chi connectivity index (χ3n) is 13.9. The quantitative estimate of drug-likeness (QED) is 0.135. The number of cyclic esters (lactones) is 4. The van der Waals surface area contributed by atoms with Crippen molar-refractivity contribution in [3.05, 3.63) is 71.3 Å². The van der Waals surface area contributed by atoms with Gasteiger partial charge in [-0.1, -0.05) is 121 Å². The largest absolute Gasteiger partial charge is 0.616 e. The predicted octanol–water partition coefficient (Wildman–Crippen LogP) is 5.23. The molecule has 76 heavy (non-hydrogen) atoms. The molecule has 0 aromatic heterocycles. The van der Waals surface area contributed by atoms with Crippen LogP contribution >= 0.6 is 0 Å². The zero-order chi connectivity index (χ0) is 56.7. The highest BCUT2D eigenvalue weighted by molar-refractivity contribution is 7.91. The van der Waals surface area contributed by atoms with Gasteiger partial charge in [-0.3, -0.25) is 24.1 Å². The Morgan fingerprint density at radius 3 is 1.11 bits per heavy atom. The first kappa shape index (κ1) is 63.0. The van der Waals surface area contributed by atoms with Gasteiger partial charge in [0.25, 0.3) is 23.6 Å². The average molecular weight is 1080 g/mol. The highest BCUT2D eigenvalue weighted by atomic mass is 32.2. The summed E-state index contributed by atoms with van der Waals surface area (Å²) in [5.74, 6) is -6.09. The topological polar surface area (TPSA) is 213 Å². The van der Waals surface area contributed by atoms with Crippen molar-refractivity contribution in [3.8, 4) is 0 Å². The van der Waals surface area contributed by atoms with Gasteiger partial charge in [-0.25, -0.2) is 19.2 Å². The van der Waals surface area contributed by atoms with E-state index in [1.807, 2.05) is 79.7 Å². The summed E-state index contributed by atoms with van der Waals surface area (Å²) in [5, 5.41) is 0. The first-order valence-corrected chi connectivity index (χ1v) is 28.2. The number of rotatable bonds is 14. The molecule has 4 amide bonds. The monoisotopic (exact) mass is 1080 g/mol. The molecule has 422 valence electrons. The van der Waals surface area contributed by atoms with Crippen molar-refractivity contribution in [3.63, 3.8) is 0 Å². The molecule has 18 nitrogen and oxygen atoms in total. The Kier molecular flexibility index (Phi) is 24.3. The van der Waals surface area contributed by atoms with E-state index in [1.54, 1.807) is 30.3 Å². The second kappa shape index (κ2) is 29.3. The second-order valence-electron chi connectivity index (χ2n) is 22.2. The summed E-state index contributed by atoms with van der Waals surface area (Å²) in [6, 6.07) is 11.3. The van der Waals surface area contributed by atoms with Gasteiger partial charge in [0.2, 0.25) is 0 Å². The Bertz CT molecular complexity index is 2260. The van der Waals surface area contributed by atoms with E-state index < -0.39 is 107 Å². The highest BCUT2D eigenvalue weighted by Gasteiger charge is 2.43. The standard InChI is InChI=1S/C57H85N5O13S/c1-35(2)28-44-54(67)72-40(10)51(64)59(12)47(31-38(7)8)57(70)75-49(33-42-20-22-43(23-21-42)34-62-24-26-76(71)27-25-62)53(66)61(14)45(29-36(3)4)55(68)73-39(9)50(63)58(11)46(30-37(5)6)56(69)74-48(52(65)60(44)13)32-41-18-16-15-17-19-41/h15-23,35-40,44-49H,24-34H2,1-14H3/t39-,40-,44+,45+,46+,47+,48-,49-/m1/s1. The lowest BCUT2D eigenvalue weighted by Crippen LogP contribution is -2.55. The Morgan fingerprint density at radius 1 is 0.461 bits per heavy atom. The lowest BCUT2D eigenvalue weighted by atomic mass is 9.99. The van der Waals surface area contributed by atoms with E-state index in [9.17, 15) is 42.9 Å². The van der Waals surface area contributed by atoms with Gasteiger partial charge >= 0.3 is 23.9 Å². The van der Waals surface area contributed by atoms with Crippen LogP contribution in [0, 0.1) is 23.7 Å². The molecule has 2 saturated heterocycles. The number of esters is 4. The molecule has 0 unspecified atom stereocenters. The van der Waals surface area contributed by atoms with E-state index in [0.717, 1.165) is 25.2 Å². The van der Waals surface area contributed by atoms with E-state index in [2.05, 4.69) is 4.90 Å².